The number of amides is 1. The molecule has 6 nitrogen and oxygen atoms in total. The summed E-state index contributed by atoms with van der Waals surface area (Å²) >= 11 is 0. The third-order valence-corrected chi connectivity index (χ3v) is 4.19. The maximum atomic E-state index is 12.8. The average molecular weight is 419 g/mol. The number of carbonyl (C=O) groups is 2. The van der Waals surface area contributed by atoms with Crippen LogP contribution < -0.4 is 14.8 Å². The normalized spacial score (nSPS) is 10.8. The van der Waals surface area contributed by atoms with Gasteiger partial charge in [0.2, 0.25) is 0 Å². The van der Waals surface area contributed by atoms with Crippen molar-refractivity contribution in [2.24, 2.45) is 0 Å². The van der Waals surface area contributed by atoms with Gasteiger partial charge in [-0.05, 0) is 69.3 Å². The predicted molar refractivity (Wildman–Crippen MR) is 119 cm³/mol. The Morgan fingerprint density at radius 1 is 0.806 bits per heavy atom. The lowest BCUT2D eigenvalue weighted by Gasteiger charge is -2.21. The van der Waals surface area contributed by atoms with E-state index >= 15 is 0 Å². The first kappa shape index (κ1) is 21.9. The Balaban J connectivity index is 1.91. The summed E-state index contributed by atoms with van der Waals surface area (Å²) in [5, 5.41) is 2.80. The Morgan fingerprint density at radius 2 is 1.45 bits per heavy atom. The SMILES string of the molecule is COc1ccc(C(=O)Nc2cc(Oc3ccccc3)ccc2C(=O)OC(C)(C)C)cc1. The summed E-state index contributed by atoms with van der Waals surface area (Å²) in [6.45, 7) is 5.36. The van der Waals surface area contributed by atoms with Crippen molar-refractivity contribution in [3.63, 3.8) is 0 Å². The van der Waals surface area contributed by atoms with Crippen molar-refractivity contribution in [3.05, 3.63) is 83.9 Å². The molecule has 0 saturated carbocycles. The second-order valence-electron chi connectivity index (χ2n) is 7.81. The van der Waals surface area contributed by atoms with Crippen LogP contribution >= 0.6 is 0 Å². The number of ether oxygens (including phenoxy) is 3. The Morgan fingerprint density at radius 3 is 2.06 bits per heavy atom. The van der Waals surface area contributed by atoms with E-state index in [4.69, 9.17) is 14.2 Å². The summed E-state index contributed by atoms with van der Waals surface area (Å²) in [6, 6.07) is 20.8. The quantitative estimate of drug-likeness (QED) is 0.519. The van der Waals surface area contributed by atoms with Crippen molar-refractivity contribution in [2.45, 2.75) is 26.4 Å². The average Bonchev–Trinajstić information content (AvgIpc) is 2.73. The van der Waals surface area contributed by atoms with Crippen LogP contribution in [-0.2, 0) is 4.74 Å². The van der Waals surface area contributed by atoms with E-state index in [1.165, 1.54) is 0 Å². The number of nitrogens with one attached hydrogen (secondary N) is 1. The lowest BCUT2D eigenvalue weighted by molar-refractivity contribution is 0.00708. The molecule has 160 valence electrons. The van der Waals surface area contributed by atoms with Crippen LogP contribution in [-0.4, -0.2) is 24.6 Å². The van der Waals surface area contributed by atoms with Crippen LogP contribution in [0, 0.1) is 0 Å². The number of methoxy groups -OCH3 is 1. The van der Waals surface area contributed by atoms with Gasteiger partial charge in [0.1, 0.15) is 22.8 Å². The Labute approximate surface area is 181 Å². The van der Waals surface area contributed by atoms with Crippen molar-refractivity contribution in [2.75, 3.05) is 12.4 Å². The van der Waals surface area contributed by atoms with Crippen molar-refractivity contribution in [3.8, 4) is 17.2 Å². The third-order valence-electron chi connectivity index (χ3n) is 4.19. The largest absolute Gasteiger partial charge is 0.497 e. The highest BCUT2D eigenvalue weighted by molar-refractivity contribution is 6.08. The van der Waals surface area contributed by atoms with Gasteiger partial charge < -0.3 is 19.5 Å². The van der Waals surface area contributed by atoms with Gasteiger partial charge in [0, 0.05) is 11.6 Å². The molecule has 0 aliphatic rings. The van der Waals surface area contributed by atoms with E-state index in [0.717, 1.165) is 0 Å². The standard InChI is InChI=1S/C25H25NO5/c1-25(2,3)31-24(28)21-15-14-20(30-19-8-6-5-7-9-19)16-22(21)26-23(27)17-10-12-18(29-4)13-11-17/h5-16H,1-4H3,(H,26,27). The molecule has 1 amide bonds. The van der Waals surface area contributed by atoms with E-state index in [0.29, 0.717) is 28.5 Å². The predicted octanol–water partition coefficient (Wildman–Crippen LogP) is 5.70. The van der Waals surface area contributed by atoms with Gasteiger partial charge in [-0.3, -0.25) is 4.79 Å². The summed E-state index contributed by atoms with van der Waals surface area (Å²) in [6.07, 6.45) is 0. The molecule has 0 spiro atoms. The van der Waals surface area contributed by atoms with Gasteiger partial charge in [-0.2, -0.15) is 0 Å². The first-order valence-corrected chi connectivity index (χ1v) is 9.81. The van der Waals surface area contributed by atoms with Crippen molar-refractivity contribution in [1.29, 1.82) is 0 Å². The lowest BCUT2D eigenvalue weighted by atomic mass is 10.1. The highest BCUT2D eigenvalue weighted by Gasteiger charge is 2.22. The molecule has 0 aliphatic carbocycles. The molecule has 3 aromatic carbocycles. The summed E-state index contributed by atoms with van der Waals surface area (Å²) in [5.74, 6) is 0.848. The molecule has 0 radical (unpaired) electrons. The smallest absolute Gasteiger partial charge is 0.340 e. The number of esters is 1. The van der Waals surface area contributed by atoms with E-state index in [-0.39, 0.29) is 11.5 Å². The zero-order valence-electron chi connectivity index (χ0n) is 18.0. The van der Waals surface area contributed by atoms with Crippen molar-refractivity contribution < 1.29 is 23.8 Å². The molecule has 31 heavy (non-hydrogen) atoms. The van der Waals surface area contributed by atoms with Crippen molar-refractivity contribution in [1.82, 2.24) is 0 Å². The van der Waals surface area contributed by atoms with Gasteiger partial charge in [-0.25, -0.2) is 4.79 Å². The molecule has 0 bridgehead atoms. The van der Waals surface area contributed by atoms with Crippen LogP contribution in [0.3, 0.4) is 0 Å². The Hall–Kier alpha value is -3.80. The van der Waals surface area contributed by atoms with Crippen molar-refractivity contribution >= 4 is 17.6 Å². The molecule has 3 rings (SSSR count). The van der Waals surface area contributed by atoms with Crippen LogP contribution in [0.15, 0.2) is 72.8 Å². The number of benzene rings is 3. The van der Waals surface area contributed by atoms with Gasteiger partial charge in [0.05, 0.1) is 18.4 Å². The van der Waals surface area contributed by atoms with E-state index < -0.39 is 11.6 Å². The maximum Gasteiger partial charge on any atom is 0.340 e. The van der Waals surface area contributed by atoms with Crippen LogP contribution in [0.5, 0.6) is 17.2 Å². The van der Waals surface area contributed by atoms with Crippen LogP contribution in [0.2, 0.25) is 0 Å². The number of hydrogen-bond donors (Lipinski definition) is 1. The summed E-state index contributed by atoms with van der Waals surface area (Å²) in [5.41, 5.74) is 0.277. The second kappa shape index (κ2) is 9.34. The van der Waals surface area contributed by atoms with E-state index in [1.807, 2.05) is 30.3 Å². The van der Waals surface area contributed by atoms with Crippen LogP contribution in [0.1, 0.15) is 41.5 Å². The Bertz CT molecular complexity index is 1050. The maximum absolute atomic E-state index is 12.8. The molecule has 3 aromatic rings. The molecule has 0 atom stereocenters. The van der Waals surface area contributed by atoms with Gasteiger partial charge in [-0.1, -0.05) is 18.2 Å². The number of rotatable bonds is 6. The fourth-order valence-corrected chi connectivity index (χ4v) is 2.76. The van der Waals surface area contributed by atoms with E-state index in [1.54, 1.807) is 70.3 Å². The van der Waals surface area contributed by atoms with Gasteiger partial charge in [0.25, 0.3) is 5.91 Å². The highest BCUT2D eigenvalue weighted by Crippen LogP contribution is 2.29. The molecule has 0 aromatic heterocycles. The summed E-state index contributed by atoms with van der Waals surface area (Å²) in [4.78, 5) is 25.5. The summed E-state index contributed by atoms with van der Waals surface area (Å²) < 4.78 is 16.5. The van der Waals surface area contributed by atoms with Gasteiger partial charge >= 0.3 is 5.97 Å². The first-order valence-electron chi connectivity index (χ1n) is 9.81. The number of hydrogen-bond acceptors (Lipinski definition) is 5. The van der Waals surface area contributed by atoms with E-state index in [9.17, 15) is 9.59 Å². The van der Waals surface area contributed by atoms with Gasteiger partial charge in [-0.15, -0.1) is 0 Å². The third kappa shape index (κ3) is 6.09. The molecular weight excluding hydrogens is 394 g/mol. The molecular formula is C25H25NO5. The second-order valence-corrected chi connectivity index (χ2v) is 7.81. The minimum absolute atomic E-state index is 0.234. The zero-order valence-corrected chi connectivity index (χ0v) is 18.0. The minimum atomic E-state index is -0.673. The molecule has 0 saturated heterocycles. The first-order chi connectivity index (χ1) is 14.7. The van der Waals surface area contributed by atoms with Crippen LogP contribution in [0.4, 0.5) is 5.69 Å². The zero-order chi connectivity index (χ0) is 22.4. The Kier molecular flexibility index (Phi) is 6.60. The topological polar surface area (TPSA) is 73.9 Å². The number of anilines is 1. The van der Waals surface area contributed by atoms with E-state index in [2.05, 4.69) is 5.32 Å². The molecule has 0 fully saturated rings. The molecule has 6 heteroatoms. The molecule has 0 aliphatic heterocycles. The minimum Gasteiger partial charge on any atom is -0.497 e. The highest BCUT2D eigenvalue weighted by atomic mass is 16.6. The molecule has 0 heterocycles. The fraction of sp³-hybridized carbons (Fsp3) is 0.200. The molecule has 0 unspecified atom stereocenters. The lowest BCUT2D eigenvalue weighted by Crippen LogP contribution is -2.25. The number of para-hydroxylation sites is 1. The number of carbonyl (C=O) groups excluding carboxylic acids is 2. The fourth-order valence-electron chi connectivity index (χ4n) is 2.76. The van der Waals surface area contributed by atoms with Crippen LogP contribution in [0.25, 0.3) is 0 Å². The summed E-state index contributed by atoms with van der Waals surface area (Å²) in [7, 11) is 1.56. The van der Waals surface area contributed by atoms with Gasteiger partial charge in [0.15, 0.2) is 0 Å². The molecule has 1 N–H and O–H groups in total. The monoisotopic (exact) mass is 419 g/mol.